The SMILES string of the molecule is O=C1C=c2ccc(-c3cc4cc(-c5nc6ccccc6o5)ccc4o3)cc2=N1. The van der Waals surface area contributed by atoms with Crippen molar-refractivity contribution in [3.05, 3.63) is 77.3 Å². The van der Waals surface area contributed by atoms with Crippen LogP contribution in [-0.4, -0.2) is 10.9 Å². The van der Waals surface area contributed by atoms with Gasteiger partial charge in [-0.15, -0.1) is 0 Å². The van der Waals surface area contributed by atoms with E-state index in [4.69, 9.17) is 8.83 Å². The maximum atomic E-state index is 11.5. The first-order valence-electron chi connectivity index (χ1n) is 8.87. The molecule has 0 N–H and O–H groups in total. The molecule has 0 aliphatic carbocycles. The molecule has 1 amide bonds. The van der Waals surface area contributed by atoms with Crippen molar-refractivity contribution in [2.24, 2.45) is 4.99 Å². The summed E-state index contributed by atoms with van der Waals surface area (Å²) in [5.74, 6) is 1.08. The van der Waals surface area contributed by atoms with Gasteiger partial charge in [-0.25, -0.2) is 9.98 Å². The highest BCUT2D eigenvalue weighted by Crippen LogP contribution is 2.31. The Bertz CT molecular complexity index is 1510. The van der Waals surface area contributed by atoms with Crippen molar-refractivity contribution in [2.45, 2.75) is 0 Å². The lowest BCUT2D eigenvalue weighted by atomic mass is 10.1. The molecule has 5 heteroatoms. The molecule has 0 spiro atoms. The van der Waals surface area contributed by atoms with Gasteiger partial charge in [0, 0.05) is 27.8 Å². The Morgan fingerprint density at radius 1 is 0.786 bits per heavy atom. The number of amides is 1. The van der Waals surface area contributed by atoms with Crippen LogP contribution in [-0.2, 0) is 4.79 Å². The Kier molecular flexibility index (Phi) is 2.97. The summed E-state index contributed by atoms with van der Waals surface area (Å²) in [6.07, 6.45) is 1.53. The van der Waals surface area contributed by atoms with E-state index in [1.807, 2.05) is 66.7 Å². The van der Waals surface area contributed by atoms with Crippen molar-refractivity contribution >= 4 is 34.1 Å². The zero-order valence-electron chi connectivity index (χ0n) is 14.5. The van der Waals surface area contributed by atoms with Crippen LogP contribution in [0.4, 0.5) is 0 Å². The maximum absolute atomic E-state index is 11.5. The second kappa shape index (κ2) is 5.50. The highest BCUT2D eigenvalue weighted by Gasteiger charge is 2.12. The number of nitrogens with zero attached hydrogens (tertiary/aromatic N) is 2. The average Bonchev–Trinajstić information content (AvgIpc) is 3.41. The van der Waals surface area contributed by atoms with Gasteiger partial charge in [0.1, 0.15) is 16.9 Å². The predicted molar refractivity (Wildman–Crippen MR) is 105 cm³/mol. The summed E-state index contributed by atoms with van der Waals surface area (Å²) < 4.78 is 11.9. The zero-order valence-corrected chi connectivity index (χ0v) is 14.5. The summed E-state index contributed by atoms with van der Waals surface area (Å²) in [6.45, 7) is 0. The molecule has 0 saturated heterocycles. The van der Waals surface area contributed by atoms with Crippen molar-refractivity contribution in [3.8, 4) is 22.8 Å². The summed E-state index contributed by atoms with van der Waals surface area (Å²) in [5.41, 5.74) is 4.14. The van der Waals surface area contributed by atoms with Crippen LogP contribution in [0.5, 0.6) is 0 Å². The lowest BCUT2D eigenvalue weighted by Gasteiger charge is -1.95. The number of benzene rings is 3. The van der Waals surface area contributed by atoms with Gasteiger partial charge < -0.3 is 8.83 Å². The normalized spacial score (nSPS) is 12.9. The van der Waals surface area contributed by atoms with Crippen molar-refractivity contribution < 1.29 is 13.6 Å². The monoisotopic (exact) mass is 364 g/mol. The molecule has 6 rings (SSSR count). The molecule has 0 unspecified atom stereocenters. The van der Waals surface area contributed by atoms with E-state index in [0.29, 0.717) is 11.2 Å². The largest absolute Gasteiger partial charge is 0.456 e. The van der Waals surface area contributed by atoms with Crippen molar-refractivity contribution in [3.63, 3.8) is 0 Å². The van der Waals surface area contributed by atoms with Crippen LogP contribution in [0.3, 0.4) is 0 Å². The first kappa shape index (κ1) is 15.1. The molecule has 0 bridgehead atoms. The third-order valence-corrected chi connectivity index (χ3v) is 4.88. The van der Waals surface area contributed by atoms with E-state index in [1.54, 1.807) is 0 Å². The fourth-order valence-electron chi connectivity index (χ4n) is 3.51. The molecule has 2 aromatic heterocycles. The van der Waals surface area contributed by atoms with E-state index in [-0.39, 0.29) is 5.91 Å². The molecule has 5 aromatic rings. The number of furan rings is 1. The minimum absolute atomic E-state index is 0.222. The van der Waals surface area contributed by atoms with Gasteiger partial charge in [0.25, 0.3) is 5.91 Å². The number of hydrogen-bond acceptors (Lipinski definition) is 4. The van der Waals surface area contributed by atoms with Crippen LogP contribution in [0.2, 0.25) is 0 Å². The molecular formula is C23H12N2O3. The molecule has 0 fully saturated rings. The number of para-hydroxylation sites is 2. The second-order valence-corrected chi connectivity index (χ2v) is 6.72. The van der Waals surface area contributed by atoms with E-state index in [1.165, 1.54) is 6.08 Å². The Labute approximate surface area is 158 Å². The summed E-state index contributed by atoms with van der Waals surface area (Å²) >= 11 is 0. The lowest BCUT2D eigenvalue weighted by molar-refractivity contribution is -0.112. The third kappa shape index (κ3) is 2.30. The molecule has 1 aliphatic heterocycles. The van der Waals surface area contributed by atoms with Crippen molar-refractivity contribution in [1.82, 2.24) is 4.98 Å². The molecule has 0 saturated carbocycles. The number of carbonyl (C=O) groups is 1. The number of oxazole rings is 1. The molecule has 3 aromatic carbocycles. The van der Waals surface area contributed by atoms with Crippen LogP contribution in [0, 0.1) is 0 Å². The molecule has 5 nitrogen and oxygen atoms in total. The average molecular weight is 364 g/mol. The zero-order chi connectivity index (χ0) is 18.7. The summed E-state index contributed by atoms with van der Waals surface area (Å²) in [7, 11) is 0. The Morgan fingerprint density at radius 2 is 1.68 bits per heavy atom. The van der Waals surface area contributed by atoms with E-state index >= 15 is 0 Å². The Morgan fingerprint density at radius 3 is 2.61 bits per heavy atom. The van der Waals surface area contributed by atoms with Crippen LogP contribution in [0.1, 0.15) is 0 Å². The maximum Gasteiger partial charge on any atom is 0.270 e. The minimum atomic E-state index is -0.222. The molecule has 3 heterocycles. The van der Waals surface area contributed by atoms with E-state index in [2.05, 4.69) is 9.98 Å². The Hall–Kier alpha value is -3.99. The summed E-state index contributed by atoms with van der Waals surface area (Å²) in [4.78, 5) is 20.0. The fourth-order valence-corrected chi connectivity index (χ4v) is 3.51. The van der Waals surface area contributed by atoms with Gasteiger partial charge in [0.15, 0.2) is 5.58 Å². The Balaban J connectivity index is 1.46. The quantitative estimate of drug-likeness (QED) is 0.477. The number of aromatic nitrogens is 1. The highest BCUT2D eigenvalue weighted by molar-refractivity contribution is 6.06. The molecular weight excluding hydrogens is 352 g/mol. The molecule has 132 valence electrons. The number of fused-ring (bicyclic) bond motifs is 3. The van der Waals surface area contributed by atoms with Crippen molar-refractivity contribution in [1.29, 1.82) is 0 Å². The number of carbonyl (C=O) groups excluding carboxylic acids is 1. The predicted octanol–water partition coefficient (Wildman–Crippen LogP) is 3.85. The van der Waals surface area contributed by atoms with Crippen LogP contribution >= 0.6 is 0 Å². The van der Waals surface area contributed by atoms with Crippen LogP contribution in [0.15, 0.2) is 80.6 Å². The number of rotatable bonds is 2. The van der Waals surface area contributed by atoms with E-state index in [9.17, 15) is 4.79 Å². The summed E-state index contributed by atoms with van der Waals surface area (Å²) in [5, 5.41) is 2.47. The van der Waals surface area contributed by atoms with Gasteiger partial charge in [0.05, 0.1) is 5.36 Å². The van der Waals surface area contributed by atoms with Crippen LogP contribution in [0.25, 0.3) is 50.9 Å². The molecule has 0 atom stereocenters. The summed E-state index contributed by atoms with van der Waals surface area (Å²) in [6, 6.07) is 21.2. The van der Waals surface area contributed by atoms with Gasteiger partial charge in [-0.05, 0) is 42.5 Å². The standard InChI is InChI=1S/C23H12N2O3/c26-22-12-13-5-6-14(10-18(13)24-22)21-11-16-9-15(7-8-19(16)27-21)23-25-17-3-1-2-4-20(17)28-23/h1-12H. The van der Waals surface area contributed by atoms with Gasteiger partial charge in [0.2, 0.25) is 5.89 Å². The minimum Gasteiger partial charge on any atom is -0.456 e. The highest BCUT2D eigenvalue weighted by atomic mass is 16.3. The lowest BCUT2D eigenvalue weighted by Crippen LogP contribution is -2.20. The number of hydrogen-bond donors (Lipinski definition) is 0. The second-order valence-electron chi connectivity index (χ2n) is 6.72. The van der Waals surface area contributed by atoms with E-state index in [0.717, 1.165) is 44.2 Å². The first-order chi connectivity index (χ1) is 13.7. The molecule has 28 heavy (non-hydrogen) atoms. The first-order valence-corrected chi connectivity index (χ1v) is 8.87. The third-order valence-electron chi connectivity index (χ3n) is 4.88. The fraction of sp³-hybridized carbons (Fsp3) is 0. The topological polar surface area (TPSA) is 68.6 Å². The van der Waals surface area contributed by atoms with Gasteiger partial charge >= 0.3 is 0 Å². The molecule has 0 radical (unpaired) electrons. The van der Waals surface area contributed by atoms with Gasteiger partial charge in [-0.1, -0.05) is 24.3 Å². The van der Waals surface area contributed by atoms with Gasteiger partial charge in [-0.3, -0.25) is 4.79 Å². The smallest absolute Gasteiger partial charge is 0.270 e. The van der Waals surface area contributed by atoms with Crippen molar-refractivity contribution in [2.75, 3.05) is 0 Å². The molecule has 1 aliphatic rings. The van der Waals surface area contributed by atoms with Crippen LogP contribution < -0.4 is 10.6 Å². The van der Waals surface area contributed by atoms with Gasteiger partial charge in [-0.2, -0.15) is 0 Å². The van der Waals surface area contributed by atoms with E-state index < -0.39 is 0 Å².